The van der Waals surface area contributed by atoms with Gasteiger partial charge in [0.05, 0.1) is 0 Å². The lowest BCUT2D eigenvalue weighted by Gasteiger charge is -2.22. The molecule has 0 aliphatic carbocycles. The first-order valence-electron chi connectivity index (χ1n) is 6.84. The highest BCUT2D eigenvalue weighted by Crippen LogP contribution is 2.26. The molecule has 0 aromatic heterocycles. The molecular formula is C16H27N. The summed E-state index contributed by atoms with van der Waals surface area (Å²) in [5.41, 5.74) is 4.29. The van der Waals surface area contributed by atoms with Gasteiger partial charge in [0.15, 0.2) is 0 Å². The minimum Gasteiger partial charge on any atom is -0.316 e. The van der Waals surface area contributed by atoms with Crippen LogP contribution in [0.3, 0.4) is 0 Å². The molecule has 1 rings (SSSR count). The fraction of sp³-hybridized carbons (Fsp3) is 0.625. The summed E-state index contributed by atoms with van der Waals surface area (Å²) in [6.45, 7) is 13.5. The maximum absolute atomic E-state index is 3.52. The van der Waals surface area contributed by atoms with E-state index in [0.717, 1.165) is 13.1 Å². The zero-order valence-electron chi connectivity index (χ0n) is 12.0. The highest BCUT2D eigenvalue weighted by molar-refractivity contribution is 5.33. The van der Waals surface area contributed by atoms with Crippen LogP contribution < -0.4 is 5.32 Å². The minimum absolute atomic E-state index is 0.625. The van der Waals surface area contributed by atoms with Crippen molar-refractivity contribution in [3.63, 3.8) is 0 Å². The number of nitrogens with one attached hydrogen (secondary N) is 1. The van der Waals surface area contributed by atoms with E-state index in [1.165, 1.54) is 23.1 Å². The Morgan fingerprint density at radius 1 is 1.18 bits per heavy atom. The third kappa shape index (κ3) is 4.16. The zero-order valence-corrected chi connectivity index (χ0v) is 12.0. The lowest BCUT2D eigenvalue weighted by molar-refractivity contribution is 0.447. The molecule has 0 heterocycles. The molecule has 2 unspecified atom stereocenters. The van der Waals surface area contributed by atoms with Crippen molar-refractivity contribution >= 4 is 0 Å². The van der Waals surface area contributed by atoms with Gasteiger partial charge in [-0.05, 0) is 56.3 Å². The summed E-state index contributed by atoms with van der Waals surface area (Å²) >= 11 is 0. The Kier molecular flexibility index (Phi) is 5.70. The van der Waals surface area contributed by atoms with Gasteiger partial charge in [-0.3, -0.25) is 0 Å². The van der Waals surface area contributed by atoms with Gasteiger partial charge in [-0.1, -0.05) is 44.5 Å². The Balaban J connectivity index is 2.64. The predicted molar refractivity (Wildman–Crippen MR) is 76.7 cm³/mol. The normalized spacial score (nSPS) is 14.6. The van der Waals surface area contributed by atoms with E-state index in [2.05, 4.69) is 58.1 Å². The van der Waals surface area contributed by atoms with Gasteiger partial charge in [-0.15, -0.1) is 0 Å². The monoisotopic (exact) mass is 233 g/mol. The second kappa shape index (κ2) is 6.80. The van der Waals surface area contributed by atoms with E-state index < -0.39 is 0 Å². The molecule has 1 heteroatoms. The van der Waals surface area contributed by atoms with Crippen LogP contribution in [-0.2, 0) is 0 Å². The molecule has 17 heavy (non-hydrogen) atoms. The number of benzene rings is 1. The Labute approximate surface area is 107 Å². The summed E-state index contributed by atoms with van der Waals surface area (Å²) in [4.78, 5) is 0. The third-order valence-corrected chi connectivity index (χ3v) is 3.66. The van der Waals surface area contributed by atoms with Crippen molar-refractivity contribution in [3.05, 3.63) is 34.9 Å². The topological polar surface area (TPSA) is 12.0 Å². The van der Waals surface area contributed by atoms with Crippen molar-refractivity contribution in [1.82, 2.24) is 5.32 Å². The van der Waals surface area contributed by atoms with Crippen LogP contribution in [0.1, 0.15) is 49.8 Å². The van der Waals surface area contributed by atoms with Crippen molar-refractivity contribution in [2.24, 2.45) is 5.92 Å². The van der Waals surface area contributed by atoms with Gasteiger partial charge in [0.1, 0.15) is 0 Å². The van der Waals surface area contributed by atoms with Crippen molar-refractivity contribution in [2.75, 3.05) is 13.1 Å². The molecule has 0 spiro atoms. The average Bonchev–Trinajstić information content (AvgIpc) is 2.28. The van der Waals surface area contributed by atoms with E-state index in [1.54, 1.807) is 0 Å². The van der Waals surface area contributed by atoms with E-state index in [-0.39, 0.29) is 0 Å². The van der Waals surface area contributed by atoms with Crippen LogP contribution in [0.25, 0.3) is 0 Å². The van der Waals surface area contributed by atoms with Crippen LogP contribution in [0, 0.1) is 19.8 Å². The molecule has 0 radical (unpaired) electrons. The van der Waals surface area contributed by atoms with Crippen LogP contribution in [0.4, 0.5) is 0 Å². The maximum atomic E-state index is 3.52. The summed E-state index contributed by atoms with van der Waals surface area (Å²) in [5, 5.41) is 3.52. The van der Waals surface area contributed by atoms with E-state index in [4.69, 9.17) is 0 Å². The Bertz CT molecular complexity index is 343. The molecule has 0 fully saturated rings. The largest absolute Gasteiger partial charge is 0.316 e. The standard InChI is InChI=1S/C16H27N/c1-6-9-17-11-14(4)15(5)16-8-7-12(2)10-13(16)3/h7-8,10,14-15,17H,6,9,11H2,1-5H3. The second-order valence-electron chi connectivity index (χ2n) is 5.33. The fourth-order valence-corrected chi connectivity index (χ4v) is 2.33. The van der Waals surface area contributed by atoms with Gasteiger partial charge in [-0.25, -0.2) is 0 Å². The van der Waals surface area contributed by atoms with Gasteiger partial charge in [0, 0.05) is 0 Å². The second-order valence-corrected chi connectivity index (χ2v) is 5.33. The molecule has 96 valence electrons. The molecule has 0 aliphatic rings. The van der Waals surface area contributed by atoms with Crippen LogP contribution in [0.5, 0.6) is 0 Å². The van der Waals surface area contributed by atoms with Gasteiger partial charge < -0.3 is 5.32 Å². The van der Waals surface area contributed by atoms with Crippen LogP contribution in [0.15, 0.2) is 18.2 Å². The van der Waals surface area contributed by atoms with E-state index >= 15 is 0 Å². The molecule has 0 saturated carbocycles. The van der Waals surface area contributed by atoms with E-state index in [9.17, 15) is 0 Å². The zero-order chi connectivity index (χ0) is 12.8. The molecular weight excluding hydrogens is 206 g/mol. The lowest BCUT2D eigenvalue weighted by Crippen LogP contribution is -2.25. The van der Waals surface area contributed by atoms with E-state index in [0.29, 0.717) is 11.8 Å². The smallest absolute Gasteiger partial charge is 0.00174 e. The number of hydrogen-bond donors (Lipinski definition) is 1. The first-order chi connectivity index (χ1) is 8.06. The average molecular weight is 233 g/mol. The van der Waals surface area contributed by atoms with Crippen molar-refractivity contribution < 1.29 is 0 Å². The SMILES string of the molecule is CCCNCC(C)C(C)c1ccc(C)cc1C. The van der Waals surface area contributed by atoms with Gasteiger partial charge in [0.2, 0.25) is 0 Å². The van der Waals surface area contributed by atoms with Crippen LogP contribution in [-0.4, -0.2) is 13.1 Å². The summed E-state index contributed by atoms with van der Waals surface area (Å²) in [7, 11) is 0. The van der Waals surface area contributed by atoms with Crippen molar-refractivity contribution in [1.29, 1.82) is 0 Å². The van der Waals surface area contributed by atoms with Gasteiger partial charge in [-0.2, -0.15) is 0 Å². The van der Waals surface area contributed by atoms with Crippen molar-refractivity contribution in [2.45, 2.75) is 47.0 Å². The molecule has 1 nitrogen and oxygen atoms in total. The number of aryl methyl sites for hydroxylation is 2. The minimum atomic E-state index is 0.625. The van der Waals surface area contributed by atoms with Crippen LogP contribution in [0.2, 0.25) is 0 Å². The summed E-state index contributed by atoms with van der Waals surface area (Å²) < 4.78 is 0. The summed E-state index contributed by atoms with van der Waals surface area (Å²) in [6, 6.07) is 6.81. The van der Waals surface area contributed by atoms with Crippen molar-refractivity contribution in [3.8, 4) is 0 Å². The number of hydrogen-bond acceptors (Lipinski definition) is 1. The first kappa shape index (κ1) is 14.2. The van der Waals surface area contributed by atoms with Gasteiger partial charge in [0.25, 0.3) is 0 Å². The highest BCUT2D eigenvalue weighted by Gasteiger charge is 2.15. The summed E-state index contributed by atoms with van der Waals surface area (Å²) in [6.07, 6.45) is 1.21. The molecule has 1 N–H and O–H groups in total. The van der Waals surface area contributed by atoms with E-state index in [1.807, 2.05) is 0 Å². The third-order valence-electron chi connectivity index (χ3n) is 3.66. The summed E-state index contributed by atoms with van der Waals surface area (Å²) in [5.74, 6) is 1.31. The molecule has 1 aromatic rings. The Morgan fingerprint density at radius 3 is 2.47 bits per heavy atom. The molecule has 0 aliphatic heterocycles. The predicted octanol–water partition coefficient (Wildman–Crippen LogP) is 4.04. The number of rotatable bonds is 6. The molecule has 0 amide bonds. The molecule has 2 atom stereocenters. The lowest BCUT2D eigenvalue weighted by atomic mass is 9.86. The molecule has 0 saturated heterocycles. The first-order valence-corrected chi connectivity index (χ1v) is 6.84. The van der Waals surface area contributed by atoms with Crippen LogP contribution >= 0.6 is 0 Å². The quantitative estimate of drug-likeness (QED) is 0.731. The fourth-order valence-electron chi connectivity index (χ4n) is 2.33. The molecule has 0 bridgehead atoms. The van der Waals surface area contributed by atoms with Gasteiger partial charge >= 0.3 is 0 Å². The maximum Gasteiger partial charge on any atom is -0.00174 e. The Morgan fingerprint density at radius 2 is 1.88 bits per heavy atom. The molecule has 1 aromatic carbocycles. The highest BCUT2D eigenvalue weighted by atomic mass is 14.8. The Hall–Kier alpha value is -0.820.